The second-order valence-electron chi connectivity index (χ2n) is 5.10. The summed E-state index contributed by atoms with van der Waals surface area (Å²) >= 11 is 0. The molecule has 2 rings (SSSR count). The minimum absolute atomic E-state index is 0.282. The van der Waals surface area contributed by atoms with Gasteiger partial charge < -0.3 is 5.11 Å². The number of pyridine rings is 1. The van der Waals surface area contributed by atoms with Crippen molar-refractivity contribution < 1.29 is 18.3 Å². The average Bonchev–Trinajstić information content (AvgIpc) is 2.37. The minimum atomic E-state index is -4.39. The Morgan fingerprint density at radius 2 is 1.85 bits per heavy atom. The van der Waals surface area contributed by atoms with Gasteiger partial charge in [0.15, 0.2) is 0 Å². The van der Waals surface area contributed by atoms with Crippen molar-refractivity contribution >= 4 is 0 Å². The number of aromatic nitrogens is 1. The van der Waals surface area contributed by atoms with Gasteiger partial charge in [0.1, 0.15) is 6.10 Å². The van der Waals surface area contributed by atoms with Crippen LogP contribution in [0.3, 0.4) is 0 Å². The number of hydrogen-bond donors (Lipinski definition) is 1. The predicted octanol–water partition coefficient (Wildman–Crippen LogP) is 4.41. The number of alkyl halides is 3. The predicted molar refractivity (Wildman–Crippen MR) is 70.0 cm³/mol. The van der Waals surface area contributed by atoms with E-state index in [9.17, 15) is 18.3 Å². The fourth-order valence-electron chi connectivity index (χ4n) is 2.39. The van der Waals surface area contributed by atoms with Crippen LogP contribution >= 0.6 is 0 Å². The first-order valence-corrected chi connectivity index (χ1v) is 6.88. The standard InChI is InChI=1S/C15H18F3NO/c16-15(17,18)12-8-9-13(19-10-12)14(20)11-6-4-2-1-3-5-7-11/h6,8-10,14,20H,1-5,7H2/b11-6+. The van der Waals surface area contributed by atoms with Crippen LogP contribution in [-0.4, -0.2) is 10.1 Å². The summed E-state index contributed by atoms with van der Waals surface area (Å²) in [4.78, 5) is 3.76. The molecule has 5 heteroatoms. The lowest BCUT2D eigenvalue weighted by atomic mass is 9.94. The second-order valence-corrected chi connectivity index (χ2v) is 5.10. The van der Waals surface area contributed by atoms with E-state index in [1.807, 2.05) is 6.08 Å². The number of rotatable bonds is 2. The molecule has 1 aliphatic carbocycles. The molecule has 1 heterocycles. The third kappa shape index (κ3) is 3.82. The Morgan fingerprint density at radius 1 is 1.10 bits per heavy atom. The molecule has 1 aromatic heterocycles. The first kappa shape index (κ1) is 15.0. The Balaban J connectivity index is 2.13. The molecule has 20 heavy (non-hydrogen) atoms. The van der Waals surface area contributed by atoms with Crippen LogP contribution in [0.5, 0.6) is 0 Å². The van der Waals surface area contributed by atoms with E-state index in [0.29, 0.717) is 0 Å². The van der Waals surface area contributed by atoms with Gasteiger partial charge in [0.2, 0.25) is 0 Å². The molecule has 1 atom stereocenters. The van der Waals surface area contributed by atoms with Crippen molar-refractivity contribution in [2.75, 3.05) is 0 Å². The highest BCUT2D eigenvalue weighted by Crippen LogP contribution is 2.31. The summed E-state index contributed by atoms with van der Waals surface area (Å²) in [6, 6.07) is 2.22. The normalized spacial score (nSPS) is 21.5. The number of aliphatic hydroxyl groups excluding tert-OH is 1. The molecule has 0 saturated heterocycles. The van der Waals surface area contributed by atoms with Crippen LogP contribution in [0.15, 0.2) is 30.0 Å². The van der Waals surface area contributed by atoms with Crippen LogP contribution in [0.25, 0.3) is 0 Å². The molecule has 1 N–H and O–H groups in total. The quantitative estimate of drug-likeness (QED) is 0.816. The van der Waals surface area contributed by atoms with Crippen LogP contribution in [0.1, 0.15) is 55.9 Å². The van der Waals surface area contributed by atoms with Gasteiger partial charge in [-0.2, -0.15) is 13.2 Å². The fraction of sp³-hybridized carbons (Fsp3) is 0.533. The third-order valence-corrected chi connectivity index (χ3v) is 3.57. The fourth-order valence-corrected chi connectivity index (χ4v) is 2.39. The summed E-state index contributed by atoms with van der Waals surface area (Å²) in [6.07, 6.45) is 3.61. The number of allylic oxidation sites excluding steroid dienone is 1. The van der Waals surface area contributed by atoms with E-state index in [1.54, 1.807) is 0 Å². The van der Waals surface area contributed by atoms with Crippen molar-refractivity contribution in [2.45, 2.75) is 50.8 Å². The molecule has 0 aromatic carbocycles. The first-order chi connectivity index (χ1) is 9.48. The number of hydrogen-bond acceptors (Lipinski definition) is 2. The zero-order chi connectivity index (χ0) is 14.6. The van der Waals surface area contributed by atoms with E-state index < -0.39 is 17.8 Å². The van der Waals surface area contributed by atoms with Gasteiger partial charge in [0.05, 0.1) is 11.3 Å². The van der Waals surface area contributed by atoms with Crippen molar-refractivity contribution in [3.63, 3.8) is 0 Å². The van der Waals surface area contributed by atoms with Gasteiger partial charge >= 0.3 is 6.18 Å². The lowest BCUT2D eigenvalue weighted by Gasteiger charge is -2.17. The van der Waals surface area contributed by atoms with Crippen LogP contribution in [0.2, 0.25) is 0 Å². The number of halogens is 3. The number of nitrogens with zero attached hydrogens (tertiary/aromatic N) is 1. The molecule has 110 valence electrons. The average molecular weight is 285 g/mol. The molecule has 0 amide bonds. The lowest BCUT2D eigenvalue weighted by Crippen LogP contribution is -2.09. The van der Waals surface area contributed by atoms with Crippen molar-refractivity contribution in [3.8, 4) is 0 Å². The minimum Gasteiger partial charge on any atom is -0.382 e. The summed E-state index contributed by atoms with van der Waals surface area (Å²) < 4.78 is 37.4. The van der Waals surface area contributed by atoms with Gasteiger partial charge in [-0.05, 0) is 43.4 Å². The van der Waals surface area contributed by atoms with Gasteiger partial charge in [-0.3, -0.25) is 4.98 Å². The Kier molecular flexibility index (Phi) is 4.81. The summed E-state index contributed by atoms with van der Waals surface area (Å²) in [5, 5.41) is 10.2. The molecule has 1 unspecified atom stereocenters. The van der Waals surface area contributed by atoms with E-state index in [0.717, 1.165) is 49.9 Å². The van der Waals surface area contributed by atoms with Crippen molar-refractivity contribution in [3.05, 3.63) is 41.2 Å². The van der Waals surface area contributed by atoms with Gasteiger partial charge in [-0.15, -0.1) is 0 Å². The molecule has 1 aromatic rings. The molecule has 0 aliphatic heterocycles. The molecular weight excluding hydrogens is 267 g/mol. The van der Waals surface area contributed by atoms with Gasteiger partial charge in [0, 0.05) is 6.20 Å². The van der Waals surface area contributed by atoms with Gasteiger partial charge in [-0.1, -0.05) is 18.9 Å². The third-order valence-electron chi connectivity index (χ3n) is 3.57. The lowest BCUT2D eigenvalue weighted by molar-refractivity contribution is -0.137. The van der Waals surface area contributed by atoms with Crippen LogP contribution in [0, 0.1) is 0 Å². The summed E-state index contributed by atoms with van der Waals surface area (Å²) in [5.41, 5.74) is 0.363. The maximum Gasteiger partial charge on any atom is 0.417 e. The molecule has 1 aliphatic rings. The Morgan fingerprint density at radius 3 is 2.50 bits per heavy atom. The van der Waals surface area contributed by atoms with E-state index in [-0.39, 0.29) is 5.69 Å². The summed E-state index contributed by atoms with van der Waals surface area (Å²) in [6.45, 7) is 0. The topological polar surface area (TPSA) is 33.1 Å². The van der Waals surface area contributed by atoms with Crippen LogP contribution in [0.4, 0.5) is 13.2 Å². The monoisotopic (exact) mass is 285 g/mol. The Labute approximate surface area is 116 Å². The molecule has 0 fully saturated rings. The number of aliphatic hydroxyl groups is 1. The summed E-state index contributed by atoms with van der Waals surface area (Å²) in [5.74, 6) is 0. The highest BCUT2D eigenvalue weighted by atomic mass is 19.4. The molecule has 0 radical (unpaired) electrons. The van der Waals surface area contributed by atoms with E-state index in [1.165, 1.54) is 12.5 Å². The zero-order valence-electron chi connectivity index (χ0n) is 11.2. The van der Waals surface area contributed by atoms with Gasteiger partial charge in [0.25, 0.3) is 0 Å². The molecule has 0 saturated carbocycles. The van der Waals surface area contributed by atoms with E-state index in [4.69, 9.17) is 0 Å². The molecule has 0 bridgehead atoms. The summed E-state index contributed by atoms with van der Waals surface area (Å²) in [7, 11) is 0. The molecular formula is C15H18F3NO. The highest BCUT2D eigenvalue weighted by Gasteiger charge is 2.31. The van der Waals surface area contributed by atoms with Crippen molar-refractivity contribution in [2.24, 2.45) is 0 Å². The van der Waals surface area contributed by atoms with Gasteiger partial charge in [-0.25, -0.2) is 0 Å². The van der Waals surface area contributed by atoms with E-state index in [2.05, 4.69) is 4.98 Å². The molecule has 0 spiro atoms. The molecule has 2 nitrogen and oxygen atoms in total. The largest absolute Gasteiger partial charge is 0.417 e. The van der Waals surface area contributed by atoms with E-state index >= 15 is 0 Å². The zero-order valence-corrected chi connectivity index (χ0v) is 11.2. The smallest absolute Gasteiger partial charge is 0.382 e. The van der Waals surface area contributed by atoms with Crippen LogP contribution < -0.4 is 0 Å². The maximum atomic E-state index is 12.5. The van der Waals surface area contributed by atoms with Crippen molar-refractivity contribution in [1.29, 1.82) is 0 Å². The van der Waals surface area contributed by atoms with Crippen LogP contribution in [-0.2, 0) is 6.18 Å². The maximum absolute atomic E-state index is 12.5. The first-order valence-electron chi connectivity index (χ1n) is 6.88. The Hall–Kier alpha value is -1.36. The second kappa shape index (κ2) is 6.39. The van der Waals surface area contributed by atoms with Crippen molar-refractivity contribution in [1.82, 2.24) is 4.98 Å². The Bertz CT molecular complexity index is 465. The highest BCUT2D eigenvalue weighted by molar-refractivity contribution is 5.24. The SMILES string of the molecule is OC(/C1=C/CCCCCC1)c1ccc(C(F)(F)F)cn1.